The molecule has 0 spiro atoms. The molecule has 1 atom stereocenters. The molecule has 136 valence electrons. The van der Waals surface area contributed by atoms with E-state index in [1.54, 1.807) is 48.5 Å². The summed E-state index contributed by atoms with van der Waals surface area (Å²) in [5.74, 6) is -1.01. The van der Waals surface area contributed by atoms with Gasteiger partial charge in [-0.1, -0.05) is 35.3 Å². The second-order valence-electron chi connectivity index (χ2n) is 5.41. The molecule has 0 aromatic heterocycles. The second kappa shape index (κ2) is 9.22. The first-order valence-corrected chi connectivity index (χ1v) is 8.36. The van der Waals surface area contributed by atoms with Crippen LogP contribution in [0.5, 0.6) is 0 Å². The van der Waals surface area contributed by atoms with Crippen molar-refractivity contribution in [2.24, 2.45) is 5.73 Å². The van der Waals surface area contributed by atoms with Gasteiger partial charge in [0.25, 0.3) is 0 Å². The molecule has 2 amide bonds. The third-order valence-electron chi connectivity index (χ3n) is 3.49. The molecule has 8 heteroatoms. The van der Waals surface area contributed by atoms with E-state index in [1.807, 2.05) is 0 Å². The number of amides is 2. The Balaban J connectivity index is 1.96. The average Bonchev–Trinajstić information content (AvgIpc) is 2.60. The molecule has 0 bridgehead atoms. The Bertz CT molecular complexity index is 792. The van der Waals surface area contributed by atoms with Gasteiger partial charge >= 0.3 is 12.0 Å². The van der Waals surface area contributed by atoms with Gasteiger partial charge in [0.15, 0.2) is 12.4 Å². The summed E-state index contributed by atoms with van der Waals surface area (Å²) < 4.78 is 5.01. The summed E-state index contributed by atoms with van der Waals surface area (Å²) in [6, 6.07) is 11.3. The van der Waals surface area contributed by atoms with E-state index in [4.69, 9.17) is 33.7 Å². The number of esters is 1. The first-order chi connectivity index (χ1) is 12.3. The van der Waals surface area contributed by atoms with Gasteiger partial charge < -0.3 is 15.8 Å². The molecule has 2 rings (SSSR count). The molecular weight excluding hydrogens is 379 g/mol. The molecule has 0 aliphatic heterocycles. The van der Waals surface area contributed by atoms with Crippen LogP contribution in [0, 0.1) is 0 Å². The number of nitrogens with two attached hydrogens (primary N) is 1. The van der Waals surface area contributed by atoms with Crippen LogP contribution in [-0.4, -0.2) is 24.4 Å². The van der Waals surface area contributed by atoms with Crippen molar-refractivity contribution in [2.45, 2.75) is 12.5 Å². The Labute approximate surface area is 160 Å². The molecule has 0 aliphatic rings. The lowest BCUT2D eigenvalue weighted by Gasteiger charge is -2.17. The van der Waals surface area contributed by atoms with Crippen molar-refractivity contribution >= 4 is 41.0 Å². The molecule has 26 heavy (non-hydrogen) atoms. The van der Waals surface area contributed by atoms with Crippen LogP contribution in [-0.2, 0) is 9.53 Å². The van der Waals surface area contributed by atoms with Crippen molar-refractivity contribution < 1.29 is 19.1 Å². The number of benzene rings is 2. The monoisotopic (exact) mass is 394 g/mol. The number of carbonyl (C=O) groups excluding carboxylic acids is 3. The van der Waals surface area contributed by atoms with Crippen molar-refractivity contribution in [2.75, 3.05) is 6.61 Å². The Morgan fingerprint density at radius 3 is 2.04 bits per heavy atom. The fourth-order valence-electron chi connectivity index (χ4n) is 2.21. The Morgan fingerprint density at radius 2 is 1.50 bits per heavy atom. The van der Waals surface area contributed by atoms with Gasteiger partial charge in [0, 0.05) is 15.6 Å². The van der Waals surface area contributed by atoms with E-state index < -0.39 is 24.6 Å². The SMILES string of the molecule is NC(=O)N[C@@H](CC(=O)OCC(=O)c1ccc(Cl)cc1)c1ccc(Cl)cc1. The summed E-state index contributed by atoms with van der Waals surface area (Å²) in [6.07, 6.45) is -0.182. The Hall–Kier alpha value is -2.57. The molecule has 0 saturated heterocycles. The molecule has 3 N–H and O–H groups in total. The second-order valence-corrected chi connectivity index (χ2v) is 6.28. The third kappa shape index (κ3) is 6.06. The predicted octanol–water partition coefficient (Wildman–Crippen LogP) is 3.52. The predicted molar refractivity (Wildman–Crippen MR) is 98.3 cm³/mol. The summed E-state index contributed by atoms with van der Waals surface area (Å²) in [7, 11) is 0. The lowest BCUT2D eigenvalue weighted by atomic mass is 10.0. The largest absolute Gasteiger partial charge is 0.457 e. The summed E-state index contributed by atoms with van der Waals surface area (Å²) >= 11 is 11.6. The number of nitrogens with one attached hydrogen (secondary N) is 1. The van der Waals surface area contributed by atoms with Gasteiger partial charge in [-0.15, -0.1) is 0 Å². The minimum absolute atomic E-state index is 0.182. The Kier molecular flexibility index (Phi) is 7.00. The lowest BCUT2D eigenvalue weighted by Crippen LogP contribution is -2.34. The zero-order valence-electron chi connectivity index (χ0n) is 13.6. The minimum Gasteiger partial charge on any atom is -0.457 e. The standard InChI is InChI=1S/C18H16Cl2N2O4/c19-13-5-1-11(2-6-13)15(22-18(21)25)9-17(24)26-10-16(23)12-3-7-14(20)8-4-12/h1-8,15H,9-10H2,(H3,21,22,25)/t15-/m0/s1. The molecule has 0 unspecified atom stereocenters. The van der Waals surface area contributed by atoms with Gasteiger partial charge in [-0.25, -0.2) is 4.79 Å². The maximum absolute atomic E-state index is 12.1. The maximum Gasteiger partial charge on any atom is 0.312 e. The van der Waals surface area contributed by atoms with Gasteiger partial charge in [0.2, 0.25) is 0 Å². The number of carbonyl (C=O) groups is 3. The van der Waals surface area contributed by atoms with E-state index in [2.05, 4.69) is 5.32 Å². The highest BCUT2D eigenvalue weighted by Gasteiger charge is 2.19. The number of Topliss-reactive ketones (excluding diaryl/α,β-unsaturated/α-hetero) is 1. The van der Waals surface area contributed by atoms with Crippen molar-refractivity contribution in [3.63, 3.8) is 0 Å². The van der Waals surface area contributed by atoms with Crippen LogP contribution in [0.15, 0.2) is 48.5 Å². The molecular formula is C18H16Cl2N2O4. The quantitative estimate of drug-likeness (QED) is 0.554. The normalized spacial score (nSPS) is 11.5. The fraction of sp³-hybridized carbons (Fsp3) is 0.167. The number of hydrogen-bond donors (Lipinski definition) is 2. The molecule has 0 radical (unpaired) electrons. The van der Waals surface area contributed by atoms with Crippen molar-refractivity contribution in [3.05, 3.63) is 69.7 Å². The number of hydrogen-bond acceptors (Lipinski definition) is 4. The van der Waals surface area contributed by atoms with E-state index in [0.29, 0.717) is 21.2 Å². The number of rotatable bonds is 7. The minimum atomic E-state index is -0.782. The molecule has 0 heterocycles. The van der Waals surface area contributed by atoms with Crippen LogP contribution in [0.3, 0.4) is 0 Å². The molecule has 0 saturated carbocycles. The van der Waals surface area contributed by atoms with Crippen molar-refractivity contribution in [1.82, 2.24) is 5.32 Å². The van der Waals surface area contributed by atoms with Crippen LogP contribution in [0.2, 0.25) is 10.0 Å². The number of halogens is 2. The fourth-order valence-corrected chi connectivity index (χ4v) is 2.46. The van der Waals surface area contributed by atoms with Gasteiger partial charge in [0.1, 0.15) is 0 Å². The van der Waals surface area contributed by atoms with Crippen LogP contribution in [0.25, 0.3) is 0 Å². The summed E-state index contributed by atoms with van der Waals surface area (Å²) in [6.45, 7) is -0.412. The van der Waals surface area contributed by atoms with Crippen LogP contribution >= 0.6 is 23.2 Å². The highest BCUT2D eigenvalue weighted by atomic mass is 35.5. The van der Waals surface area contributed by atoms with Gasteiger partial charge in [-0.2, -0.15) is 0 Å². The highest BCUT2D eigenvalue weighted by Crippen LogP contribution is 2.20. The zero-order chi connectivity index (χ0) is 19.1. The van der Waals surface area contributed by atoms with Crippen molar-refractivity contribution in [1.29, 1.82) is 0 Å². The maximum atomic E-state index is 12.1. The number of ketones is 1. The zero-order valence-corrected chi connectivity index (χ0v) is 15.1. The topological polar surface area (TPSA) is 98.5 Å². The van der Waals surface area contributed by atoms with Gasteiger partial charge in [0.05, 0.1) is 12.5 Å². The molecule has 6 nitrogen and oxygen atoms in total. The Morgan fingerprint density at radius 1 is 0.962 bits per heavy atom. The van der Waals surface area contributed by atoms with E-state index in [1.165, 1.54) is 0 Å². The van der Waals surface area contributed by atoms with Crippen LogP contribution in [0.1, 0.15) is 28.4 Å². The van der Waals surface area contributed by atoms with E-state index >= 15 is 0 Å². The number of primary amides is 1. The first-order valence-electron chi connectivity index (χ1n) is 7.61. The number of ether oxygens (including phenoxy) is 1. The highest BCUT2D eigenvalue weighted by molar-refractivity contribution is 6.30. The summed E-state index contributed by atoms with van der Waals surface area (Å²) in [5, 5.41) is 3.49. The average molecular weight is 395 g/mol. The summed E-state index contributed by atoms with van der Waals surface area (Å²) in [5.41, 5.74) is 6.17. The molecule has 2 aromatic carbocycles. The lowest BCUT2D eigenvalue weighted by molar-refractivity contribution is -0.143. The number of urea groups is 1. The van der Waals surface area contributed by atoms with E-state index in [9.17, 15) is 14.4 Å². The van der Waals surface area contributed by atoms with Gasteiger partial charge in [-0.3, -0.25) is 9.59 Å². The van der Waals surface area contributed by atoms with E-state index in [-0.39, 0.29) is 12.2 Å². The molecule has 2 aromatic rings. The van der Waals surface area contributed by atoms with Crippen molar-refractivity contribution in [3.8, 4) is 0 Å². The van der Waals surface area contributed by atoms with Crippen LogP contribution < -0.4 is 11.1 Å². The van der Waals surface area contributed by atoms with Gasteiger partial charge in [-0.05, 0) is 42.0 Å². The smallest absolute Gasteiger partial charge is 0.312 e. The summed E-state index contributed by atoms with van der Waals surface area (Å²) in [4.78, 5) is 35.2. The van der Waals surface area contributed by atoms with E-state index in [0.717, 1.165) is 0 Å². The first kappa shape index (κ1) is 19.8. The molecule has 0 aliphatic carbocycles. The molecule has 0 fully saturated rings. The van der Waals surface area contributed by atoms with Crippen LogP contribution in [0.4, 0.5) is 4.79 Å². The third-order valence-corrected chi connectivity index (χ3v) is 3.99.